The molecule has 2 rings (SSSR count). The van der Waals surface area contributed by atoms with Crippen molar-refractivity contribution in [3.8, 4) is 0 Å². The fraction of sp³-hybridized carbons (Fsp3) is 0.417. The van der Waals surface area contributed by atoms with E-state index >= 15 is 0 Å². The van der Waals surface area contributed by atoms with Crippen LogP contribution in [0.5, 0.6) is 0 Å². The first-order chi connectivity index (χ1) is 8.68. The van der Waals surface area contributed by atoms with E-state index in [2.05, 4.69) is 33.7 Å². The highest BCUT2D eigenvalue weighted by Crippen LogP contribution is 2.23. The maximum absolute atomic E-state index is 6.14. The topological polar surface area (TPSA) is 41.9 Å². The van der Waals surface area contributed by atoms with Crippen molar-refractivity contribution in [2.75, 3.05) is 11.4 Å². The zero-order valence-corrected chi connectivity index (χ0v) is 11.9. The predicted molar refractivity (Wildman–Crippen MR) is 75.3 cm³/mol. The Morgan fingerprint density at radius 1 is 1.39 bits per heavy atom. The van der Waals surface area contributed by atoms with Crippen LogP contribution >= 0.6 is 22.9 Å². The summed E-state index contributed by atoms with van der Waals surface area (Å²) in [5.74, 6) is 0.790. The van der Waals surface area contributed by atoms with Crippen molar-refractivity contribution in [2.45, 2.75) is 26.3 Å². The summed E-state index contributed by atoms with van der Waals surface area (Å²) in [5, 5.41) is 3.71. The van der Waals surface area contributed by atoms with Crippen LogP contribution in [0.15, 0.2) is 24.1 Å². The molecule has 18 heavy (non-hydrogen) atoms. The lowest BCUT2D eigenvalue weighted by atomic mass is 10.3. The predicted octanol–water partition coefficient (Wildman–Crippen LogP) is 3.04. The lowest BCUT2D eigenvalue weighted by Crippen LogP contribution is -2.33. The van der Waals surface area contributed by atoms with Crippen LogP contribution in [-0.2, 0) is 6.42 Å². The highest BCUT2D eigenvalue weighted by Gasteiger charge is 2.15. The van der Waals surface area contributed by atoms with Gasteiger partial charge in [0, 0.05) is 30.6 Å². The normalized spacial score (nSPS) is 10.9. The zero-order valence-electron chi connectivity index (χ0n) is 10.4. The number of hydrogen-bond donors (Lipinski definition) is 0. The van der Waals surface area contributed by atoms with Crippen molar-refractivity contribution >= 4 is 28.8 Å². The molecular weight excluding hydrogens is 268 g/mol. The summed E-state index contributed by atoms with van der Waals surface area (Å²) in [6, 6.07) is 0.331. The van der Waals surface area contributed by atoms with Crippen LogP contribution < -0.4 is 4.90 Å². The summed E-state index contributed by atoms with van der Waals surface area (Å²) in [4.78, 5) is 14.6. The summed E-state index contributed by atoms with van der Waals surface area (Å²) in [6.45, 7) is 5.10. The SMILES string of the molecule is CC(C)N(CCc1nccs1)c1ncncc1Cl. The van der Waals surface area contributed by atoms with Crippen molar-refractivity contribution in [1.29, 1.82) is 0 Å². The molecule has 0 aliphatic heterocycles. The quantitative estimate of drug-likeness (QED) is 0.845. The Balaban J connectivity index is 2.11. The maximum Gasteiger partial charge on any atom is 0.151 e. The molecule has 0 aliphatic rings. The van der Waals surface area contributed by atoms with Gasteiger partial charge in [-0.3, -0.25) is 0 Å². The van der Waals surface area contributed by atoms with E-state index < -0.39 is 0 Å². The van der Waals surface area contributed by atoms with Crippen LogP contribution in [0.2, 0.25) is 5.02 Å². The van der Waals surface area contributed by atoms with Crippen LogP contribution in [0.1, 0.15) is 18.9 Å². The number of nitrogens with zero attached hydrogens (tertiary/aromatic N) is 4. The molecule has 0 bridgehead atoms. The number of anilines is 1. The molecule has 2 heterocycles. The maximum atomic E-state index is 6.14. The summed E-state index contributed by atoms with van der Waals surface area (Å²) in [5.41, 5.74) is 0. The third kappa shape index (κ3) is 3.17. The minimum absolute atomic E-state index is 0.331. The molecular formula is C12H15ClN4S. The molecule has 0 spiro atoms. The molecule has 96 valence electrons. The molecule has 2 aromatic heterocycles. The standard InChI is InChI=1S/C12H15ClN4S/c1-9(2)17(5-3-11-15-4-6-18-11)12-10(13)7-14-8-16-12/h4,6-9H,3,5H2,1-2H3. The smallest absolute Gasteiger partial charge is 0.151 e. The van der Waals surface area contributed by atoms with Gasteiger partial charge in [-0.2, -0.15) is 0 Å². The van der Waals surface area contributed by atoms with E-state index in [0.717, 1.165) is 23.8 Å². The Bertz CT molecular complexity index is 487. The third-order valence-corrected chi connectivity index (χ3v) is 3.70. The molecule has 0 aromatic carbocycles. The van der Waals surface area contributed by atoms with Gasteiger partial charge in [0.25, 0.3) is 0 Å². The van der Waals surface area contributed by atoms with E-state index in [-0.39, 0.29) is 0 Å². The third-order valence-electron chi connectivity index (χ3n) is 2.59. The largest absolute Gasteiger partial charge is 0.352 e. The monoisotopic (exact) mass is 282 g/mol. The molecule has 0 saturated heterocycles. The van der Waals surface area contributed by atoms with Crippen LogP contribution in [0.3, 0.4) is 0 Å². The van der Waals surface area contributed by atoms with E-state index in [0.29, 0.717) is 11.1 Å². The van der Waals surface area contributed by atoms with E-state index in [9.17, 15) is 0 Å². The van der Waals surface area contributed by atoms with Crippen molar-refractivity contribution in [3.05, 3.63) is 34.1 Å². The van der Waals surface area contributed by atoms with Crippen LogP contribution in [0, 0.1) is 0 Å². The van der Waals surface area contributed by atoms with Gasteiger partial charge in [0.15, 0.2) is 5.82 Å². The Kier molecular flexibility index (Phi) is 4.49. The number of thiazole rings is 1. The van der Waals surface area contributed by atoms with Gasteiger partial charge in [-0.15, -0.1) is 11.3 Å². The van der Waals surface area contributed by atoms with Crippen molar-refractivity contribution < 1.29 is 0 Å². The fourth-order valence-electron chi connectivity index (χ4n) is 1.72. The van der Waals surface area contributed by atoms with Gasteiger partial charge in [0.05, 0.1) is 11.2 Å². The van der Waals surface area contributed by atoms with Crippen molar-refractivity contribution in [2.24, 2.45) is 0 Å². The van der Waals surface area contributed by atoms with Crippen molar-refractivity contribution in [3.63, 3.8) is 0 Å². The first kappa shape index (κ1) is 13.2. The molecule has 0 aliphatic carbocycles. The zero-order chi connectivity index (χ0) is 13.0. The number of hydrogen-bond acceptors (Lipinski definition) is 5. The van der Waals surface area contributed by atoms with E-state index in [1.54, 1.807) is 17.5 Å². The van der Waals surface area contributed by atoms with Gasteiger partial charge in [-0.25, -0.2) is 15.0 Å². The molecule has 0 radical (unpaired) electrons. The number of aromatic nitrogens is 3. The first-order valence-electron chi connectivity index (χ1n) is 5.79. The van der Waals surface area contributed by atoms with E-state index in [1.165, 1.54) is 6.33 Å². The highest BCUT2D eigenvalue weighted by molar-refractivity contribution is 7.09. The lowest BCUT2D eigenvalue weighted by Gasteiger charge is -2.28. The average Bonchev–Trinajstić information content (AvgIpc) is 2.84. The lowest BCUT2D eigenvalue weighted by molar-refractivity contribution is 0.667. The first-order valence-corrected chi connectivity index (χ1v) is 7.04. The molecule has 6 heteroatoms. The molecule has 0 saturated carbocycles. The minimum Gasteiger partial charge on any atom is -0.352 e. The van der Waals surface area contributed by atoms with Gasteiger partial charge in [0.1, 0.15) is 11.3 Å². The molecule has 0 amide bonds. The van der Waals surface area contributed by atoms with Crippen molar-refractivity contribution in [1.82, 2.24) is 15.0 Å². The van der Waals surface area contributed by atoms with Gasteiger partial charge >= 0.3 is 0 Å². The van der Waals surface area contributed by atoms with Gasteiger partial charge in [-0.1, -0.05) is 11.6 Å². The summed E-state index contributed by atoms with van der Waals surface area (Å²) < 4.78 is 0. The summed E-state index contributed by atoms with van der Waals surface area (Å²) >= 11 is 7.82. The van der Waals surface area contributed by atoms with Crippen LogP contribution in [-0.4, -0.2) is 27.5 Å². The second-order valence-electron chi connectivity index (χ2n) is 4.16. The van der Waals surface area contributed by atoms with Gasteiger partial charge in [0.2, 0.25) is 0 Å². The molecule has 0 N–H and O–H groups in total. The van der Waals surface area contributed by atoms with Gasteiger partial charge in [-0.05, 0) is 13.8 Å². The molecule has 0 fully saturated rings. The fourth-order valence-corrected chi connectivity index (χ4v) is 2.54. The summed E-state index contributed by atoms with van der Waals surface area (Å²) in [7, 11) is 0. The minimum atomic E-state index is 0.331. The Morgan fingerprint density at radius 3 is 2.83 bits per heavy atom. The number of rotatable bonds is 5. The molecule has 0 atom stereocenters. The van der Waals surface area contributed by atoms with E-state index in [1.807, 2.05) is 11.6 Å². The second-order valence-corrected chi connectivity index (χ2v) is 5.54. The molecule has 0 unspecified atom stereocenters. The molecule has 2 aromatic rings. The van der Waals surface area contributed by atoms with E-state index in [4.69, 9.17) is 11.6 Å². The Labute approximate surface area is 116 Å². The second kappa shape index (κ2) is 6.11. The average molecular weight is 283 g/mol. The highest BCUT2D eigenvalue weighted by atomic mass is 35.5. The molecule has 4 nitrogen and oxygen atoms in total. The van der Waals surface area contributed by atoms with Crippen LogP contribution in [0.4, 0.5) is 5.82 Å². The van der Waals surface area contributed by atoms with Gasteiger partial charge < -0.3 is 4.90 Å². The Morgan fingerprint density at radius 2 is 2.22 bits per heavy atom. The summed E-state index contributed by atoms with van der Waals surface area (Å²) in [6.07, 6.45) is 5.89. The Hall–Kier alpha value is -1.20. The van der Waals surface area contributed by atoms with Crippen LogP contribution in [0.25, 0.3) is 0 Å². The number of halogens is 1.